The molecule has 1 fully saturated rings. The van der Waals surface area contributed by atoms with E-state index < -0.39 is 0 Å². The molecule has 1 rings (SSSR count). The first-order valence-electron chi connectivity index (χ1n) is 6.69. The molecule has 0 aliphatic carbocycles. The minimum absolute atomic E-state index is 0.0212. The molecular weight excluding hydrogens is 264 g/mol. The van der Waals surface area contributed by atoms with Crippen LogP contribution in [0.1, 0.15) is 19.3 Å². The van der Waals surface area contributed by atoms with Crippen LogP contribution in [-0.4, -0.2) is 63.1 Å². The number of rotatable bonds is 7. The van der Waals surface area contributed by atoms with Gasteiger partial charge in [0.15, 0.2) is 0 Å². The van der Waals surface area contributed by atoms with Crippen molar-refractivity contribution in [2.24, 2.45) is 5.92 Å². The van der Waals surface area contributed by atoms with Crippen LogP contribution in [0.15, 0.2) is 0 Å². The Kier molecular flexibility index (Phi) is 7.00. The molecule has 1 unspecified atom stereocenters. The number of carbonyl (C=O) groups is 3. The molecule has 2 amide bonds. The van der Waals surface area contributed by atoms with Gasteiger partial charge in [-0.15, -0.1) is 0 Å². The summed E-state index contributed by atoms with van der Waals surface area (Å²) in [6, 6.07) is 0. The maximum absolute atomic E-state index is 12.4. The van der Waals surface area contributed by atoms with Crippen LogP contribution in [0, 0.1) is 5.92 Å². The summed E-state index contributed by atoms with van der Waals surface area (Å²) >= 11 is 0. The van der Waals surface area contributed by atoms with E-state index in [1.54, 1.807) is 12.0 Å². The van der Waals surface area contributed by atoms with E-state index in [1.165, 1.54) is 7.11 Å². The fraction of sp³-hybridized carbons (Fsp3) is 0.769. The topological polar surface area (TPSA) is 84.9 Å². The molecule has 7 heteroatoms. The quantitative estimate of drug-likeness (QED) is 0.641. The number of esters is 1. The van der Waals surface area contributed by atoms with Crippen LogP contribution >= 0.6 is 0 Å². The Bertz CT molecular complexity index is 349. The molecule has 1 saturated heterocycles. The SMILES string of the molecule is COCCN(CCC(=O)OC)C(=O)C1CCC(=O)NC1. The number of nitrogens with zero attached hydrogens (tertiary/aromatic N) is 1. The molecule has 1 heterocycles. The number of carbonyl (C=O) groups excluding carboxylic acids is 3. The van der Waals surface area contributed by atoms with Gasteiger partial charge in [0.25, 0.3) is 0 Å². The van der Waals surface area contributed by atoms with Crippen molar-refractivity contribution >= 4 is 17.8 Å². The van der Waals surface area contributed by atoms with Gasteiger partial charge < -0.3 is 19.7 Å². The molecule has 114 valence electrons. The van der Waals surface area contributed by atoms with Crippen LogP contribution in [0.4, 0.5) is 0 Å². The Balaban J connectivity index is 2.54. The molecule has 1 aliphatic rings. The smallest absolute Gasteiger partial charge is 0.307 e. The summed E-state index contributed by atoms with van der Waals surface area (Å²) in [5.74, 6) is -0.641. The molecule has 0 aromatic rings. The van der Waals surface area contributed by atoms with E-state index in [0.717, 1.165) is 0 Å². The number of hydrogen-bond acceptors (Lipinski definition) is 5. The van der Waals surface area contributed by atoms with E-state index in [-0.39, 0.29) is 30.1 Å². The summed E-state index contributed by atoms with van der Waals surface area (Å²) in [5, 5.41) is 2.69. The van der Waals surface area contributed by atoms with Crippen molar-refractivity contribution in [2.75, 3.05) is 40.5 Å². The van der Waals surface area contributed by atoms with Crippen molar-refractivity contribution in [3.8, 4) is 0 Å². The second-order valence-corrected chi connectivity index (χ2v) is 4.68. The van der Waals surface area contributed by atoms with E-state index in [4.69, 9.17) is 4.74 Å². The average molecular weight is 286 g/mol. The summed E-state index contributed by atoms with van der Waals surface area (Å²) in [4.78, 5) is 36.3. The van der Waals surface area contributed by atoms with Gasteiger partial charge in [-0.3, -0.25) is 14.4 Å². The van der Waals surface area contributed by atoms with Gasteiger partial charge in [-0.25, -0.2) is 0 Å². The minimum atomic E-state index is -0.350. The number of amides is 2. The number of piperidine rings is 1. The summed E-state index contributed by atoms with van der Waals surface area (Å²) in [6.07, 6.45) is 1.07. The van der Waals surface area contributed by atoms with E-state index in [9.17, 15) is 14.4 Å². The van der Waals surface area contributed by atoms with Gasteiger partial charge in [0.1, 0.15) is 0 Å². The molecule has 20 heavy (non-hydrogen) atoms. The van der Waals surface area contributed by atoms with Gasteiger partial charge in [-0.05, 0) is 6.42 Å². The summed E-state index contributed by atoms with van der Waals surface area (Å²) < 4.78 is 9.56. The van der Waals surface area contributed by atoms with E-state index >= 15 is 0 Å². The predicted octanol–water partition coefficient (Wildman–Crippen LogP) is -0.449. The van der Waals surface area contributed by atoms with Crippen LogP contribution < -0.4 is 5.32 Å². The maximum atomic E-state index is 12.4. The Morgan fingerprint density at radius 2 is 2.10 bits per heavy atom. The lowest BCUT2D eigenvalue weighted by Crippen LogP contribution is -2.46. The van der Waals surface area contributed by atoms with Crippen LogP contribution in [0.2, 0.25) is 0 Å². The molecule has 7 nitrogen and oxygen atoms in total. The molecule has 0 radical (unpaired) electrons. The van der Waals surface area contributed by atoms with Gasteiger partial charge in [0.2, 0.25) is 11.8 Å². The fourth-order valence-corrected chi connectivity index (χ4v) is 2.06. The molecule has 0 aromatic carbocycles. The number of methoxy groups -OCH3 is 2. The lowest BCUT2D eigenvalue weighted by molar-refractivity contribution is -0.143. The highest BCUT2D eigenvalue weighted by Gasteiger charge is 2.28. The normalized spacial score (nSPS) is 18.3. The third-order valence-electron chi connectivity index (χ3n) is 3.31. The second-order valence-electron chi connectivity index (χ2n) is 4.68. The summed E-state index contributed by atoms with van der Waals surface area (Å²) in [6.45, 7) is 1.50. The fourth-order valence-electron chi connectivity index (χ4n) is 2.06. The first kappa shape index (κ1) is 16.4. The highest BCUT2D eigenvalue weighted by molar-refractivity contribution is 5.84. The first-order chi connectivity index (χ1) is 9.58. The molecular formula is C13H22N2O5. The van der Waals surface area contributed by atoms with Gasteiger partial charge >= 0.3 is 5.97 Å². The van der Waals surface area contributed by atoms with E-state index in [0.29, 0.717) is 39.1 Å². The van der Waals surface area contributed by atoms with Crippen molar-refractivity contribution in [3.05, 3.63) is 0 Å². The van der Waals surface area contributed by atoms with Crippen molar-refractivity contribution < 1.29 is 23.9 Å². The Morgan fingerprint density at radius 1 is 1.35 bits per heavy atom. The van der Waals surface area contributed by atoms with Crippen molar-refractivity contribution in [3.63, 3.8) is 0 Å². The van der Waals surface area contributed by atoms with Crippen LogP contribution in [0.3, 0.4) is 0 Å². The maximum Gasteiger partial charge on any atom is 0.307 e. The Labute approximate surface area is 118 Å². The third-order valence-corrected chi connectivity index (χ3v) is 3.31. The number of nitrogens with one attached hydrogen (secondary N) is 1. The van der Waals surface area contributed by atoms with Crippen LogP contribution in [0.5, 0.6) is 0 Å². The van der Waals surface area contributed by atoms with Gasteiger partial charge in [0, 0.05) is 33.2 Å². The minimum Gasteiger partial charge on any atom is -0.469 e. The first-order valence-corrected chi connectivity index (χ1v) is 6.69. The highest BCUT2D eigenvalue weighted by atomic mass is 16.5. The number of ether oxygens (including phenoxy) is 2. The molecule has 0 spiro atoms. The molecule has 1 N–H and O–H groups in total. The van der Waals surface area contributed by atoms with Crippen LogP contribution in [0.25, 0.3) is 0 Å². The van der Waals surface area contributed by atoms with Crippen molar-refractivity contribution in [2.45, 2.75) is 19.3 Å². The summed E-state index contributed by atoms with van der Waals surface area (Å²) in [7, 11) is 2.88. The zero-order valence-corrected chi connectivity index (χ0v) is 12.0. The average Bonchev–Trinajstić information content (AvgIpc) is 2.47. The lowest BCUT2D eigenvalue weighted by atomic mass is 9.97. The van der Waals surface area contributed by atoms with Gasteiger partial charge in [-0.2, -0.15) is 0 Å². The van der Waals surface area contributed by atoms with Gasteiger partial charge in [0.05, 0.1) is 26.1 Å². The van der Waals surface area contributed by atoms with Gasteiger partial charge in [-0.1, -0.05) is 0 Å². The molecule has 1 atom stereocenters. The summed E-state index contributed by atoms with van der Waals surface area (Å²) in [5.41, 5.74) is 0. The van der Waals surface area contributed by atoms with Crippen LogP contribution in [-0.2, 0) is 23.9 Å². The van der Waals surface area contributed by atoms with Crippen molar-refractivity contribution in [1.29, 1.82) is 0 Å². The zero-order chi connectivity index (χ0) is 15.0. The monoisotopic (exact) mass is 286 g/mol. The predicted molar refractivity (Wildman–Crippen MR) is 70.8 cm³/mol. The largest absolute Gasteiger partial charge is 0.469 e. The molecule has 0 saturated carbocycles. The molecule has 0 aromatic heterocycles. The second kappa shape index (κ2) is 8.52. The highest BCUT2D eigenvalue weighted by Crippen LogP contribution is 2.14. The standard InChI is InChI=1S/C13H22N2O5/c1-19-8-7-15(6-5-12(17)20-2)13(18)10-3-4-11(16)14-9-10/h10H,3-9H2,1-2H3,(H,14,16). The number of hydrogen-bond donors (Lipinski definition) is 1. The molecule has 1 aliphatic heterocycles. The third kappa shape index (κ3) is 5.16. The van der Waals surface area contributed by atoms with E-state index in [2.05, 4.69) is 10.1 Å². The lowest BCUT2D eigenvalue weighted by Gasteiger charge is -2.29. The zero-order valence-electron chi connectivity index (χ0n) is 12.0. The molecule has 0 bridgehead atoms. The Hall–Kier alpha value is -1.63. The van der Waals surface area contributed by atoms with E-state index in [1.807, 2.05) is 0 Å². The Morgan fingerprint density at radius 3 is 2.65 bits per heavy atom. The van der Waals surface area contributed by atoms with Crippen molar-refractivity contribution in [1.82, 2.24) is 10.2 Å².